The van der Waals surface area contributed by atoms with Crippen LogP contribution < -0.4 is 5.32 Å². The number of aromatic nitrogens is 2. The Bertz CT molecular complexity index is 612. The number of benzene rings is 1. The maximum atomic E-state index is 11.8. The number of rotatable bonds is 5. The molecule has 0 atom stereocenters. The van der Waals surface area contributed by atoms with Crippen molar-refractivity contribution in [3.05, 3.63) is 40.5 Å². The van der Waals surface area contributed by atoms with Crippen LogP contribution in [-0.2, 0) is 4.79 Å². The molecule has 0 radical (unpaired) electrons. The first-order valence-electron chi connectivity index (χ1n) is 6.26. The summed E-state index contributed by atoms with van der Waals surface area (Å²) in [6.07, 6.45) is 0.418. The standard InChI is InChI=1S/C14H16ClN3OS/c1-9-10(2)17-18-14(9)16-13(19)7-8-20-12-6-4-3-5-11(12)15/h3-6H,7-8H2,1-2H3,(H2,16,17,18,19). The molecule has 4 nitrogen and oxygen atoms in total. The first-order chi connectivity index (χ1) is 9.58. The Kier molecular flexibility index (Phi) is 5.09. The van der Waals surface area contributed by atoms with E-state index in [2.05, 4.69) is 15.5 Å². The second-order valence-corrected chi connectivity index (χ2v) is 5.94. The van der Waals surface area contributed by atoms with Crippen LogP contribution in [-0.4, -0.2) is 21.9 Å². The van der Waals surface area contributed by atoms with Crippen LogP contribution in [0.5, 0.6) is 0 Å². The monoisotopic (exact) mass is 309 g/mol. The number of aromatic amines is 1. The zero-order chi connectivity index (χ0) is 14.5. The normalized spacial score (nSPS) is 10.6. The van der Waals surface area contributed by atoms with Crippen molar-refractivity contribution in [2.24, 2.45) is 0 Å². The highest BCUT2D eigenvalue weighted by atomic mass is 35.5. The third kappa shape index (κ3) is 3.77. The summed E-state index contributed by atoms with van der Waals surface area (Å²) in [7, 11) is 0. The fourth-order valence-electron chi connectivity index (χ4n) is 1.62. The predicted molar refractivity (Wildman–Crippen MR) is 83.5 cm³/mol. The number of carbonyl (C=O) groups is 1. The molecule has 1 heterocycles. The minimum absolute atomic E-state index is 0.0425. The smallest absolute Gasteiger partial charge is 0.226 e. The quantitative estimate of drug-likeness (QED) is 0.826. The van der Waals surface area contributed by atoms with E-state index in [1.165, 1.54) is 0 Å². The summed E-state index contributed by atoms with van der Waals surface area (Å²) in [5.41, 5.74) is 1.93. The lowest BCUT2D eigenvalue weighted by molar-refractivity contribution is -0.115. The Balaban J connectivity index is 1.81. The Morgan fingerprint density at radius 1 is 1.40 bits per heavy atom. The first kappa shape index (κ1) is 14.9. The molecule has 0 aliphatic heterocycles. The van der Waals surface area contributed by atoms with Gasteiger partial charge in [-0.1, -0.05) is 23.7 Å². The molecule has 2 N–H and O–H groups in total. The van der Waals surface area contributed by atoms with Gasteiger partial charge in [0.05, 0.1) is 5.02 Å². The molecule has 0 unspecified atom stereocenters. The van der Waals surface area contributed by atoms with Crippen LogP contribution in [0.2, 0.25) is 5.02 Å². The molecule has 1 aromatic heterocycles. The number of halogens is 1. The molecular formula is C14H16ClN3OS. The highest BCUT2D eigenvalue weighted by molar-refractivity contribution is 7.99. The molecule has 0 aliphatic rings. The molecule has 6 heteroatoms. The number of thioether (sulfide) groups is 1. The van der Waals surface area contributed by atoms with Gasteiger partial charge < -0.3 is 5.32 Å². The summed E-state index contributed by atoms with van der Waals surface area (Å²) in [5, 5.41) is 10.4. The zero-order valence-corrected chi connectivity index (χ0v) is 12.9. The van der Waals surface area contributed by atoms with Crippen LogP contribution >= 0.6 is 23.4 Å². The third-order valence-corrected chi connectivity index (χ3v) is 4.45. The van der Waals surface area contributed by atoms with E-state index in [9.17, 15) is 4.79 Å². The van der Waals surface area contributed by atoms with Crippen molar-refractivity contribution >= 4 is 35.1 Å². The second-order valence-electron chi connectivity index (χ2n) is 4.40. The predicted octanol–water partition coefficient (Wildman–Crippen LogP) is 3.80. The average molecular weight is 310 g/mol. The molecule has 1 amide bonds. The fourth-order valence-corrected chi connectivity index (χ4v) is 2.80. The molecule has 106 valence electrons. The molecule has 2 aromatic rings. The van der Waals surface area contributed by atoms with Gasteiger partial charge in [0.1, 0.15) is 0 Å². The van der Waals surface area contributed by atoms with Crippen molar-refractivity contribution in [2.45, 2.75) is 25.2 Å². The van der Waals surface area contributed by atoms with Crippen LogP contribution in [0.25, 0.3) is 0 Å². The van der Waals surface area contributed by atoms with Gasteiger partial charge in [0.25, 0.3) is 0 Å². The molecular weight excluding hydrogens is 294 g/mol. The van der Waals surface area contributed by atoms with E-state index in [0.29, 0.717) is 18.0 Å². The van der Waals surface area contributed by atoms with Gasteiger partial charge in [-0.15, -0.1) is 11.8 Å². The van der Waals surface area contributed by atoms with Crippen LogP contribution in [0.1, 0.15) is 17.7 Å². The van der Waals surface area contributed by atoms with Crippen LogP contribution in [0.3, 0.4) is 0 Å². The van der Waals surface area contributed by atoms with Crippen LogP contribution in [0, 0.1) is 13.8 Å². The van der Waals surface area contributed by atoms with Gasteiger partial charge in [-0.2, -0.15) is 5.10 Å². The van der Waals surface area contributed by atoms with E-state index < -0.39 is 0 Å². The van der Waals surface area contributed by atoms with Crippen molar-refractivity contribution in [1.29, 1.82) is 0 Å². The molecule has 0 saturated heterocycles. The Hall–Kier alpha value is -1.46. The molecule has 20 heavy (non-hydrogen) atoms. The Morgan fingerprint density at radius 3 is 2.80 bits per heavy atom. The van der Waals surface area contributed by atoms with E-state index in [4.69, 9.17) is 11.6 Å². The number of amides is 1. The molecule has 0 fully saturated rings. The molecule has 0 spiro atoms. The van der Waals surface area contributed by atoms with E-state index in [1.807, 2.05) is 38.1 Å². The van der Waals surface area contributed by atoms with Gasteiger partial charge in [0.15, 0.2) is 5.82 Å². The van der Waals surface area contributed by atoms with Crippen molar-refractivity contribution in [1.82, 2.24) is 10.2 Å². The second kappa shape index (κ2) is 6.81. The van der Waals surface area contributed by atoms with Crippen LogP contribution in [0.15, 0.2) is 29.2 Å². The minimum Gasteiger partial charge on any atom is -0.309 e. The van der Waals surface area contributed by atoms with Crippen molar-refractivity contribution in [3.8, 4) is 0 Å². The Morgan fingerprint density at radius 2 is 2.15 bits per heavy atom. The maximum absolute atomic E-state index is 11.8. The first-order valence-corrected chi connectivity index (χ1v) is 7.63. The third-order valence-electron chi connectivity index (χ3n) is 2.93. The summed E-state index contributed by atoms with van der Waals surface area (Å²) in [6.45, 7) is 3.85. The number of hydrogen-bond acceptors (Lipinski definition) is 3. The number of aryl methyl sites for hydroxylation is 1. The van der Waals surface area contributed by atoms with E-state index in [1.54, 1.807) is 11.8 Å². The molecule has 2 rings (SSSR count). The highest BCUT2D eigenvalue weighted by Gasteiger charge is 2.09. The lowest BCUT2D eigenvalue weighted by Gasteiger charge is -2.05. The van der Waals surface area contributed by atoms with Gasteiger partial charge in [0.2, 0.25) is 5.91 Å². The number of nitrogens with one attached hydrogen (secondary N) is 2. The SMILES string of the molecule is Cc1[nH]nc(NC(=O)CCSc2ccccc2Cl)c1C. The fraction of sp³-hybridized carbons (Fsp3) is 0.286. The highest BCUT2D eigenvalue weighted by Crippen LogP contribution is 2.27. The number of anilines is 1. The maximum Gasteiger partial charge on any atom is 0.226 e. The number of carbonyl (C=O) groups excluding carboxylic acids is 1. The number of hydrogen-bond donors (Lipinski definition) is 2. The lowest BCUT2D eigenvalue weighted by atomic mass is 10.3. The van der Waals surface area contributed by atoms with E-state index >= 15 is 0 Å². The summed E-state index contributed by atoms with van der Waals surface area (Å²) < 4.78 is 0. The summed E-state index contributed by atoms with van der Waals surface area (Å²) >= 11 is 7.63. The minimum atomic E-state index is -0.0425. The van der Waals surface area contributed by atoms with Crippen molar-refractivity contribution < 1.29 is 4.79 Å². The molecule has 0 bridgehead atoms. The van der Waals surface area contributed by atoms with Crippen molar-refractivity contribution in [3.63, 3.8) is 0 Å². The van der Waals surface area contributed by atoms with E-state index in [0.717, 1.165) is 21.2 Å². The number of H-pyrrole nitrogens is 1. The average Bonchev–Trinajstić information content (AvgIpc) is 2.73. The Labute approximate surface area is 127 Å². The van der Waals surface area contributed by atoms with Crippen molar-refractivity contribution in [2.75, 3.05) is 11.1 Å². The van der Waals surface area contributed by atoms with Gasteiger partial charge in [-0.05, 0) is 26.0 Å². The topological polar surface area (TPSA) is 57.8 Å². The lowest BCUT2D eigenvalue weighted by Crippen LogP contribution is -2.13. The van der Waals surface area contributed by atoms with Crippen LogP contribution in [0.4, 0.5) is 5.82 Å². The van der Waals surface area contributed by atoms with E-state index in [-0.39, 0.29) is 5.91 Å². The van der Waals surface area contributed by atoms with Gasteiger partial charge in [-0.25, -0.2) is 0 Å². The molecule has 0 aliphatic carbocycles. The van der Waals surface area contributed by atoms with Gasteiger partial charge in [-0.3, -0.25) is 9.89 Å². The number of nitrogens with zero attached hydrogens (tertiary/aromatic N) is 1. The zero-order valence-electron chi connectivity index (χ0n) is 11.4. The van der Waals surface area contributed by atoms with Gasteiger partial charge in [0, 0.05) is 28.3 Å². The largest absolute Gasteiger partial charge is 0.309 e. The molecule has 0 saturated carbocycles. The summed E-state index contributed by atoms with van der Waals surface area (Å²) in [5.74, 6) is 1.24. The molecule has 1 aromatic carbocycles. The summed E-state index contributed by atoms with van der Waals surface area (Å²) in [6, 6.07) is 7.62. The van der Waals surface area contributed by atoms with Gasteiger partial charge >= 0.3 is 0 Å². The summed E-state index contributed by atoms with van der Waals surface area (Å²) in [4.78, 5) is 12.8.